The second-order valence-corrected chi connectivity index (χ2v) is 7.99. The van der Waals surface area contributed by atoms with Gasteiger partial charge in [0.05, 0.1) is 24.9 Å². The van der Waals surface area contributed by atoms with Crippen LogP contribution in [0.5, 0.6) is 0 Å². The molecule has 1 saturated heterocycles. The largest absolute Gasteiger partial charge is 0.465 e. The molecule has 1 aliphatic carbocycles. The van der Waals surface area contributed by atoms with Crippen molar-refractivity contribution in [3.05, 3.63) is 16.0 Å². The number of fused-ring (bicyclic) bond motifs is 1. The van der Waals surface area contributed by atoms with E-state index in [9.17, 15) is 4.79 Å². The first-order valence-corrected chi connectivity index (χ1v) is 9.66. The average Bonchev–Trinajstić information content (AvgIpc) is 2.91. The van der Waals surface area contributed by atoms with E-state index in [1.54, 1.807) is 11.3 Å². The summed E-state index contributed by atoms with van der Waals surface area (Å²) in [4.78, 5) is 15.7. The van der Waals surface area contributed by atoms with Crippen molar-refractivity contribution in [2.75, 3.05) is 25.5 Å². The summed E-state index contributed by atoms with van der Waals surface area (Å²) in [7, 11) is 1.43. The van der Waals surface area contributed by atoms with Gasteiger partial charge in [-0.25, -0.2) is 4.79 Å². The van der Waals surface area contributed by atoms with Crippen molar-refractivity contribution in [1.29, 1.82) is 0 Å². The standard InChI is InChI=1S/C17H24N2O3S2/c1-10-8-19(9-11(2)22-10)17(23)18-15-14(16(20)21-3)12-6-4-5-7-13(12)24-15/h10-11H,4-9H2,1-3H3,(H,18,23)/t10-,11-/m0/s1. The van der Waals surface area contributed by atoms with Crippen LogP contribution in [0.25, 0.3) is 0 Å². The van der Waals surface area contributed by atoms with E-state index in [2.05, 4.69) is 24.1 Å². The Hall–Kier alpha value is -1.18. The van der Waals surface area contributed by atoms with Gasteiger partial charge in [0, 0.05) is 18.0 Å². The topological polar surface area (TPSA) is 50.8 Å². The number of hydrogen-bond donors (Lipinski definition) is 1. The number of rotatable bonds is 2. The highest BCUT2D eigenvalue weighted by Crippen LogP contribution is 2.38. The van der Waals surface area contributed by atoms with Gasteiger partial charge < -0.3 is 19.7 Å². The molecule has 1 fully saturated rings. The number of anilines is 1. The molecule has 0 aromatic carbocycles. The molecule has 3 rings (SSSR count). The van der Waals surface area contributed by atoms with Crippen molar-refractivity contribution in [3.8, 4) is 0 Å². The van der Waals surface area contributed by atoms with E-state index >= 15 is 0 Å². The summed E-state index contributed by atoms with van der Waals surface area (Å²) in [5, 5.41) is 4.79. The molecule has 0 radical (unpaired) electrons. The van der Waals surface area contributed by atoms with E-state index in [0.717, 1.165) is 42.9 Å². The van der Waals surface area contributed by atoms with Crippen LogP contribution in [-0.2, 0) is 22.3 Å². The number of nitrogens with one attached hydrogen (secondary N) is 1. The first-order chi connectivity index (χ1) is 11.5. The van der Waals surface area contributed by atoms with Gasteiger partial charge in [-0.1, -0.05) is 0 Å². The Bertz CT molecular complexity index is 634. The Balaban J connectivity index is 1.82. The zero-order chi connectivity index (χ0) is 17.3. The number of carbonyl (C=O) groups excluding carboxylic acids is 1. The fourth-order valence-electron chi connectivity index (χ4n) is 3.49. The molecule has 1 aliphatic heterocycles. The van der Waals surface area contributed by atoms with E-state index < -0.39 is 0 Å². The van der Waals surface area contributed by atoms with Crippen LogP contribution < -0.4 is 5.32 Å². The lowest BCUT2D eigenvalue weighted by atomic mass is 9.95. The molecule has 0 unspecified atom stereocenters. The zero-order valence-electron chi connectivity index (χ0n) is 14.4. The number of methoxy groups -OCH3 is 1. The summed E-state index contributed by atoms with van der Waals surface area (Å²) in [6.45, 7) is 5.62. The highest BCUT2D eigenvalue weighted by atomic mass is 32.1. The number of carbonyl (C=O) groups is 1. The second-order valence-electron chi connectivity index (χ2n) is 6.50. The van der Waals surface area contributed by atoms with Gasteiger partial charge in [0.2, 0.25) is 0 Å². The van der Waals surface area contributed by atoms with E-state index in [1.165, 1.54) is 18.4 Å². The summed E-state index contributed by atoms with van der Waals surface area (Å²) < 4.78 is 10.8. The smallest absolute Gasteiger partial charge is 0.341 e. The number of thiocarbonyl (C=S) groups is 1. The molecule has 0 bridgehead atoms. The summed E-state index contributed by atoms with van der Waals surface area (Å²) >= 11 is 7.24. The Morgan fingerprint density at radius 1 is 1.29 bits per heavy atom. The number of morpholine rings is 1. The summed E-state index contributed by atoms with van der Waals surface area (Å²) in [6, 6.07) is 0. The Labute approximate surface area is 152 Å². The lowest BCUT2D eigenvalue weighted by molar-refractivity contribution is -0.0473. The van der Waals surface area contributed by atoms with Gasteiger partial charge >= 0.3 is 5.97 Å². The van der Waals surface area contributed by atoms with Gasteiger partial charge in [0.25, 0.3) is 0 Å². The summed E-state index contributed by atoms with van der Waals surface area (Å²) in [5.74, 6) is -0.275. The van der Waals surface area contributed by atoms with E-state index in [1.807, 2.05) is 0 Å². The Morgan fingerprint density at radius 3 is 2.62 bits per heavy atom. The number of thiophene rings is 1. The highest BCUT2D eigenvalue weighted by Gasteiger charge is 2.29. The predicted octanol–water partition coefficient (Wildman–Crippen LogP) is 3.22. The summed E-state index contributed by atoms with van der Waals surface area (Å²) in [6.07, 6.45) is 4.56. The molecule has 2 aliphatic rings. The fourth-order valence-corrected chi connectivity index (χ4v) is 5.08. The maximum Gasteiger partial charge on any atom is 0.341 e. The van der Waals surface area contributed by atoms with Crippen LogP contribution in [0.2, 0.25) is 0 Å². The van der Waals surface area contributed by atoms with Crippen LogP contribution in [0, 0.1) is 0 Å². The van der Waals surface area contributed by atoms with Crippen molar-refractivity contribution >= 4 is 39.6 Å². The van der Waals surface area contributed by atoms with Crippen molar-refractivity contribution in [1.82, 2.24) is 4.90 Å². The Morgan fingerprint density at radius 2 is 1.96 bits per heavy atom. The monoisotopic (exact) mass is 368 g/mol. The van der Waals surface area contributed by atoms with Gasteiger partial charge in [-0.2, -0.15) is 0 Å². The van der Waals surface area contributed by atoms with Crippen molar-refractivity contribution in [2.45, 2.75) is 51.7 Å². The van der Waals surface area contributed by atoms with Gasteiger partial charge in [-0.3, -0.25) is 0 Å². The molecule has 1 N–H and O–H groups in total. The van der Waals surface area contributed by atoms with Gasteiger partial charge in [-0.15, -0.1) is 11.3 Å². The Kier molecular flexibility index (Phi) is 5.42. The number of nitrogens with zero attached hydrogens (tertiary/aromatic N) is 1. The minimum Gasteiger partial charge on any atom is -0.465 e. The van der Waals surface area contributed by atoms with Crippen LogP contribution in [0.4, 0.5) is 5.00 Å². The maximum absolute atomic E-state index is 12.3. The third kappa shape index (κ3) is 3.58. The van der Waals surface area contributed by atoms with E-state index in [4.69, 9.17) is 21.7 Å². The van der Waals surface area contributed by atoms with Crippen LogP contribution in [0.1, 0.15) is 47.5 Å². The van der Waals surface area contributed by atoms with Crippen molar-refractivity contribution in [2.24, 2.45) is 0 Å². The third-order valence-electron chi connectivity index (χ3n) is 4.49. The molecule has 1 aromatic heterocycles. The third-order valence-corrected chi connectivity index (χ3v) is 6.06. The van der Waals surface area contributed by atoms with E-state index in [-0.39, 0.29) is 18.2 Å². The molecule has 5 nitrogen and oxygen atoms in total. The van der Waals surface area contributed by atoms with Crippen molar-refractivity contribution in [3.63, 3.8) is 0 Å². The molecule has 132 valence electrons. The molecule has 2 heterocycles. The molecule has 7 heteroatoms. The fraction of sp³-hybridized carbons (Fsp3) is 0.647. The minimum absolute atomic E-state index is 0.144. The number of ether oxygens (including phenoxy) is 2. The minimum atomic E-state index is -0.275. The second kappa shape index (κ2) is 7.37. The quantitative estimate of drug-likeness (QED) is 0.639. The average molecular weight is 369 g/mol. The highest BCUT2D eigenvalue weighted by molar-refractivity contribution is 7.80. The zero-order valence-corrected chi connectivity index (χ0v) is 16.0. The maximum atomic E-state index is 12.3. The number of esters is 1. The number of hydrogen-bond acceptors (Lipinski definition) is 5. The molecule has 0 saturated carbocycles. The molecule has 1 aromatic rings. The normalized spacial score (nSPS) is 23.5. The van der Waals surface area contributed by atoms with Gasteiger partial charge in [0.1, 0.15) is 5.00 Å². The van der Waals surface area contributed by atoms with Crippen LogP contribution in [0.15, 0.2) is 0 Å². The van der Waals surface area contributed by atoms with E-state index in [0.29, 0.717) is 10.7 Å². The van der Waals surface area contributed by atoms with Gasteiger partial charge in [0.15, 0.2) is 5.11 Å². The molecule has 0 spiro atoms. The van der Waals surface area contributed by atoms with Crippen LogP contribution in [-0.4, -0.2) is 48.4 Å². The molecule has 2 atom stereocenters. The predicted molar refractivity (Wildman–Crippen MR) is 100 cm³/mol. The van der Waals surface area contributed by atoms with Crippen LogP contribution >= 0.6 is 23.6 Å². The first kappa shape index (κ1) is 17.6. The van der Waals surface area contributed by atoms with Gasteiger partial charge in [-0.05, 0) is 57.3 Å². The summed E-state index contributed by atoms with van der Waals surface area (Å²) in [5.41, 5.74) is 1.82. The number of aryl methyl sites for hydroxylation is 1. The molecular weight excluding hydrogens is 344 g/mol. The van der Waals surface area contributed by atoms with Crippen molar-refractivity contribution < 1.29 is 14.3 Å². The molecule has 24 heavy (non-hydrogen) atoms. The lowest BCUT2D eigenvalue weighted by Crippen LogP contribution is -2.49. The van der Waals surface area contributed by atoms with Crippen LogP contribution in [0.3, 0.4) is 0 Å². The first-order valence-electron chi connectivity index (χ1n) is 8.43. The lowest BCUT2D eigenvalue weighted by Gasteiger charge is -2.36. The SMILES string of the molecule is COC(=O)c1c(NC(=S)N2C[C@H](C)O[C@@H](C)C2)sc2c1CCCC2. The molecule has 0 amide bonds. The molecular formula is C17H24N2O3S2.